The lowest BCUT2D eigenvalue weighted by molar-refractivity contribution is 0.0870. The van der Waals surface area contributed by atoms with E-state index in [-0.39, 0.29) is 17.7 Å². The first kappa shape index (κ1) is 12.2. The molecule has 1 aliphatic carbocycles. The van der Waals surface area contributed by atoms with E-state index >= 15 is 0 Å². The van der Waals surface area contributed by atoms with Gasteiger partial charge < -0.3 is 5.73 Å². The lowest BCUT2D eigenvalue weighted by Crippen LogP contribution is -2.32. The number of carbonyl (C=O) groups excluding carboxylic acids is 1. The van der Waals surface area contributed by atoms with E-state index in [4.69, 9.17) is 5.73 Å². The van der Waals surface area contributed by atoms with Gasteiger partial charge in [-0.25, -0.2) is 4.68 Å². The van der Waals surface area contributed by atoms with Crippen molar-refractivity contribution < 1.29 is 4.79 Å². The molecule has 2 atom stereocenters. The summed E-state index contributed by atoms with van der Waals surface area (Å²) < 4.78 is 1.71. The number of aromatic nitrogens is 3. The Morgan fingerprint density at radius 1 is 1.59 bits per heavy atom. The van der Waals surface area contributed by atoms with Crippen LogP contribution in [0.3, 0.4) is 0 Å². The molecule has 1 heterocycles. The highest BCUT2D eigenvalue weighted by Gasteiger charge is 2.28. The molecule has 2 rings (SSSR count). The van der Waals surface area contributed by atoms with Gasteiger partial charge in [-0.05, 0) is 25.7 Å². The normalized spacial score (nSPS) is 24.8. The number of Topliss-reactive ketones (excluding diaryl/α,β-unsaturated/α-hetero) is 1. The number of hydrogen-bond acceptors (Lipinski definition) is 4. The van der Waals surface area contributed by atoms with Gasteiger partial charge in [-0.2, -0.15) is 0 Å². The first-order valence-electron chi connectivity index (χ1n) is 6.40. The molecule has 1 saturated carbocycles. The molecular formula is C12H20N4O. The summed E-state index contributed by atoms with van der Waals surface area (Å²) in [5.74, 6) is 0.228. The van der Waals surface area contributed by atoms with Crippen LogP contribution in [0.4, 0.5) is 0 Å². The molecule has 0 spiro atoms. The number of nitrogens with two attached hydrogens (primary N) is 1. The van der Waals surface area contributed by atoms with Gasteiger partial charge in [0.15, 0.2) is 5.78 Å². The van der Waals surface area contributed by atoms with E-state index in [1.165, 1.54) is 0 Å². The topological polar surface area (TPSA) is 73.8 Å². The van der Waals surface area contributed by atoms with Crippen molar-refractivity contribution >= 4 is 5.78 Å². The minimum Gasteiger partial charge on any atom is -0.328 e. The summed E-state index contributed by atoms with van der Waals surface area (Å²) in [5, 5.41) is 7.79. The van der Waals surface area contributed by atoms with Gasteiger partial charge >= 0.3 is 0 Å². The third-order valence-corrected chi connectivity index (χ3v) is 3.39. The summed E-state index contributed by atoms with van der Waals surface area (Å²) in [5.41, 5.74) is 6.57. The quantitative estimate of drug-likeness (QED) is 0.802. The fourth-order valence-electron chi connectivity index (χ4n) is 2.50. The minimum absolute atomic E-state index is 0.0628. The molecule has 0 aliphatic heterocycles. The number of carbonyl (C=O) groups is 1. The SMILES string of the molecule is CCCn1nncc1C(=O)C1CCCC(N)C1. The molecule has 0 saturated heterocycles. The smallest absolute Gasteiger partial charge is 0.185 e. The molecule has 0 bridgehead atoms. The van der Waals surface area contributed by atoms with E-state index in [0.29, 0.717) is 5.69 Å². The van der Waals surface area contributed by atoms with Crippen molar-refractivity contribution in [2.45, 2.75) is 51.6 Å². The van der Waals surface area contributed by atoms with Crippen LogP contribution in [-0.2, 0) is 6.54 Å². The molecule has 2 unspecified atom stereocenters. The molecule has 17 heavy (non-hydrogen) atoms. The maximum atomic E-state index is 12.3. The van der Waals surface area contributed by atoms with Crippen LogP contribution in [0.15, 0.2) is 6.20 Å². The molecule has 94 valence electrons. The van der Waals surface area contributed by atoms with E-state index < -0.39 is 0 Å². The number of hydrogen-bond donors (Lipinski definition) is 1. The number of ketones is 1. The third kappa shape index (κ3) is 2.72. The second kappa shape index (κ2) is 5.40. The van der Waals surface area contributed by atoms with Crippen molar-refractivity contribution in [2.75, 3.05) is 0 Å². The lowest BCUT2D eigenvalue weighted by atomic mass is 9.83. The van der Waals surface area contributed by atoms with Crippen LogP contribution in [0.5, 0.6) is 0 Å². The Morgan fingerprint density at radius 2 is 2.41 bits per heavy atom. The minimum atomic E-state index is 0.0628. The van der Waals surface area contributed by atoms with Gasteiger partial charge in [-0.3, -0.25) is 4.79 Å². The molecule has 1 aromatic rings. The molecule has 1 aliphatic rings. The van der Waals surface area contributed by atoms with Gasteiger partial charge in [0.1, 0.15) is 5.69 Å². The maximum Gasteiger partial charge on any atom is 0.185 e. The Labute approximate surface area is 101 Å². The Morgan fingerprint density at radius 3 is 3.12 bits per heavy atom. The first-order chi connectivity index (χ1) is 8.22. The van der Waals surface area contributed by atoms with Crippen LogP contribution >= 0.6 is 0 Å². The standard InChI is InChI=1S/C12H20N4O/c1-2-6-16-11(8-14-15-16)12(17)9-4-3-5-10(13)7-9/h8-10H,2-7,13H2,1H3. The highest BCUT2D eigenvalue weighted by Crippen LogP contribution is 2.26. The Balaban J connectivity index is 2.10. The summed E-state index contributed by atoms with van der Waals surface area (Å²) in [7, 11) is 0. The maximum absolute atomic E-state index is 12.3. The predicted octanol–water partition coefficient (Wildman–Crippen LogP) is 1.39. The van der Waals surface area contributed by atoms with E-state index in [9.17, 15) is 4.79 Å². The molecule has 5 heteroatoms. The fourth-order valence-corrected chi connectivity index (χ4v) is 2.50. The first-order valence-corrected chi connectivity index (χ1v) is 6.40. The molecule has 0 radical (unpaired) electrons. The number of nitrogens with zero attached hydrogens (tertiary/aromatic N) is 3. The van der Waals surface area contributed by atoms with Gasteiger partial charge in [0.25, 0.3) is 0 Å². The summed E-state index contributed by atoms with van der Waals surface area (Å²) >= 11 is 0. The van der Waals surface area contributed by atoms with Crippen LogP contribution in [0.25, 0.3) is 0 Å². The van der Waals surface area contributed by atoms with Crippen molar-refractivity contribution in [1.82, 2.24) is 15.0 Å². The van der Waals surface area contributed by atoms with E-state index in [1.54, 1.807) is 10.9 Å². The highest BCUT2D eigenvalue weighted by molar-refractivity contribution is 5.96. The van der Waals surface area contributed by atoms with Crippen molar-refractivity contribution in [1.29, 1.82) is 0 Å². The lowest BCUT2D eigenvalue weighted by Gasteiger charge is -2.25. The zero-order valence-corrected chi connectivity index (χ0v) is 10.3. The van der Waals surface area contributed by atoms with Gasteiger partial charge in [0.2, 0.25) is 0 Å². The predicted molar refractivity (Wildman–Crippen MR) is 64.6 cm³/mol. The molecular weight excluding hydrogens is 216 g/mol. The molecule has 1 fully saturated rings. The zero-order valence-electron chi connectivity index (χ0n) is 10.3. The van der Waals surface area contributed by atoms with Crippen LogP contribution in [-0.4, -0.2) is 26.8 Å². The highest BCUT2D eigenvalue weighted by atomic mass is 16.1. The van der Waals surface area contributed by atoms with Gasteiger partial charge in [-0.15, -0.1) is 5.10 Å². The molecule has 1 aromatic heterocycles. The summed E-state index contributed by atoms with van der Waals surface area (Å²) in [6, 6.07) is 0.174. The van der Waals surface area contributed by atoms with Crippen molar-refractivity contribution in [2.24, 2.45) is 11.7 Å². The van der Waals surface area contributed by atoms with E-state index in [2.05, 4.69) is 17.2 Å². The van der Waals surface area contributed by atoms with E-state index in [0.717, 1.165) is 38.6 Å². The summed E-state index contributed by atoms with van der Waals surface area (Å²) in [4.78, 5) is 12.3. The average Bonchev–Trinajstić information content (AvgIpc) is 2.77. The van der Waals surface area contributed by atoms with E-state index in [1.807, 2.05) is 0 Å². The Hall–Kier alpha value is -1.23. The zero-order chi connectivity index (χ0) is 12.3. The number of aryl methyl sites for hydroxylation is 1. The van der Waals surface area contributed by atoms with Gasteiger partial charge in [0.05, 0.1) is 6.20 Å². The molecule has 0 aromatic carbocycles. The van der Waals surface area contributed by atoms with Crippen LogP contribution in [0.1, 0.15) is 49.5 Å². The third-order valence-electron chi connectivity index (χ3n) is 3.39. The molecule has 2 N–H and O–H groups in total. The van der Waals surface area contributed by atoms with Gasteiger partial charge in [-0.1, -0.05) is 18.6 Å². The van der Waals surface area contributed by atoms with Crippen LogP contribution in [0.2, 0.25) is 0 Å². The van der Waals surface area contributed by atoms with Crippen molar-refractivity contribution in [3.05, 3.63) is 11.9 Å². The van der Waals surface area contributed by atoms with Crippen molar-refractivity contribution in [3.63, 3.8) is 0 Å². The second-order valence-electron chi connectivity index (χ2n) is 4.83. The van der Waals surface area contributed by atoms with Crippen LogP contribution < -0.4 is 5.73 Å². The van der Waals surface area contributed by atoms with Crippen LogP contribution in [0, 0.1) is 5.92 Å². The van der Waals surface area contributed by atoms with Crippen molar-refractivity contribution in [3.8, 4) is 0 Å². The Kier molecular flexibility index (Phi) is 3.89. The number of rotatable bonds is 4. The summed E-state index contributed by atoms with van der Waals surface area (Å²) in [6.07, 6.45) is 6.37. The fraction of sp³-hybridized carbons (Fsp3) is 0.750. The monoisotopic (exact) mass is 236 g/mol. The molecule has 5 nitrogen and oxygen atoms in total. The average molecular weight is 236 g/mol. The second-order valence-corrected chi connectivity index (χ2v) is 4.83. The van der Waals surface area contributed by atoms with Gasteiger partial charge in [0, 0.05) is 18.5 Å². The largest absolute Gasteiger partial charge is 0.328 e. The molecule has 0 amide bonds. The Bertz CT molecular complexity index is 388. The summed E-state index contributed by atoms with van der Waals surface area (Å²) in [6.45, 7) is 2.81.